The molecule has 0 bridgehead atoms. The summed E-state index contributed by atoms with van der Waals surface area (Å²) in [4.78, 5) is 0. The normalized spacial score (nSPS) is 26.9. The zero-order chi connectivity index (χ0) is 11.4. The first-order valence-electron chi connectivity index (χ1n) is 5.91. The summed E-state index contributed by atoms with van der Waals surface area (Å²) < 4.78 is 0. The summed E-state index contributed by atoms with van der Waals surface area (Å²) in [6.07, 6.45) is 2.65. The van der Waals surface area contributed by atoms with E-state index in [4.69, 9.17) is 0 Å². The average molecular weight is 221 g/mol. The first kappa shape index (κ1) is 11.6. The molecule has 1 aromatic carbocycles. The minimum Gasteiger partial charge on any atom is -0.394 e. The highest BCUT2D eigenvalue weighted by Crippen LogP contribution is 2.22. The van der Waals surface area contributed by atoms with Crippen LogP contribution in [0.15, 0.2) is 30.3 Å². The minimum atomic E-state index is -0.266. The van der Waals surface area contributed by atoms with E-state index >= 15 is 0 Å². The summed E-state index contributed by atoms with van der Waals surface area (Å²) in [7, 11) is 0. The zero-order valence-corrected chi connectivity index (χ0v) is 9.34. The van der Waals surface area contributed by atoms with Gasteiger partial charge in [-0.15, -0.1) is 0 Å². The Kier molecular flexibility index (Phi) is 3.93. The SMILES string of the molecule is OCC(N[C@@H]1CCC[C@H]1O)c1ccccc1. The molecule has 0 aromatic heterocycles. The number of nitrogens with one attached hydrogen (secondary N) is 1. The van der Waals surface area contributed by atoms with Gasteiger partial charge in [0.05, 0.1) is 18.8 Å². The second kappa shape index (κ2) is 5.43. The van der Waals surface area contributed by atoms with Crippen LogP contribution in [0.1, 0.15) is 30.9 Å². The molecule has 1 saturated carbocycles. The molecule has 3 N–H and O–H groups in total. The Morgan fingerprint density at radius 2 is 2.00 bits per heavy atom. The van der Waals surface area contributed by atoms with Gasteiger partial charge in [-0.1, -0.05) is 30.3 Å². The number of aliphatic hydroxyl groups excluding tert-OH is 2. The molecule has 3 atom stereocenters. The lowest BCUT2D eigenvalue weighted by Crippen LogP contribution is -2.39. The molecule has 1 aliphatic rings. The van der Waals surface area contributed by atoms with Crippen molar-refractivity contribution in [2.45, 2.75) is 37.5 Å². The van der Waals surface area contributed by atoms with Crippen LogP contribution in [-0.2, 0) is 0 Å². The Bertz CT molecular complexity index is 315. The molecule has 3 heteroatoms. The Labute approximate surface area is 96.1 Å². The first-order valence-corrected chi connectivity index (χ1v) is 5.91. The fraction of sp³-hybridized carbons (Fsp3) is 0.538. The predicted molar refractivity (Wildman–Crippen MR) is 63.1 cm³/mol. The molecule has 0 aliphatic heterocycles. The Morgan fingerprint density at radius 1 is 1.25 bits per heavy atom. The summed E-state index contributed by atoms with van der Waals surface area (Å²) in [5, 5.41) is 22.4. The van der Waals surface area contributed by atoms with E-state index in [0.717, 1.165) is 24.8 Å². The summed E-state index contributed by atoms with van der Waals surface area (Å²) in [6.45, 7) is 0.0627. The standard InChI is InChI=1S/C13H19NO2/c15-9-12(10-5-2-1-3-6-10)14-11-7-4-8-13(11)16/h1-3,5-6,11-16H,4,7-9H2/t11-,12?,13-/m1/s1. The largest absolute Gasteiger partial charge is 0.394 e. The van der Waals surface area contributed by atoms with Crippen molar-refractivity contribution in [2.24, 2.45) is 0 Å². The number of benzene rings is 1. The second-order valence-electron chi connectivity index (χ2n) is 4.42. The van der Waals surface area contributed by atoms with Crippen LogP contribution in [0.2, 0.25) is 0 Å². The van der Waals surface area contributed by atoms with Gasteiger partial charge in [0, 0.05) is 6.04 Å². The summed E-state index contributed by atoms with van der Waals surface area (Å²) in [6, 6.07) is 9.93. The maximum absolute atomic E-state index is 9.74. The molecule has 0 amide bonds. The van der Waals surface area contributed by atoms with Crippen molar-refractivity contribution in [3.05, 3.63) is 35.9 Å². The third-order valence-corrected chi connectivity index (χ3v) is 3.28. The van der Waals surface area contributed by atoms with Gasteiger partial charge in [0.1, 0.15) is 0 Å². The van der Waals surface area contributed by atoms with E-state index in [-0.39, 0.29) is 24.8 Å². The quantitative estimate of drug-likeness (QED) is 0.716. The highest BCUT2D eigenvalue weighted by molar-refractivity contribution is 5.19. The van der Waals surface area contributed by atoms with Crippen molar-refractivity contribution in [3.8, 4) is 0 Å². The third-order valence-electron chi connectivity index (χ3n) is 3.28. The number of aliphatic hydroxyl groups is 2. The van der Waals surface area contributed by atoms with E-state index in [1.807, 2.05) is 30.3 Å². The zero-order valence-electron chi connectivity index (χ0n) is 9.34. The fourth-order valence-electron chi connectivity index (χ4n) is 2.33. The van der Waals surface area contributed by atoms with Gasteiger partial charge < -0.3 is 15.5 Å². The van der Waals surface area contributed by atoms with Gasteiger partial charge in [-0.2, -0.15) is 0 Å². The molecule has 1 aliphatic carbocycles. The van der Waals surface area contributed by atoms with Gasteiger partial charge in [-0.3, -0.25) is 0 Å². The molecule has 16 heavy (non-hydrogen) atoms. The van der Waals surface area contributed by atoms with Gasteiger partial charge in [-0.05, 0) is 24.8 Å². The van der Waals surface area contributed by atoms with Gasteiger partial charge >= 0.3 is 0 Å². The van der Waals surface area contributed by atoms with E-state index < -0.39 is 0 Å². The lowest BCUT2D eigenvalue weighted by atomic mass is 10.1. The van der Waals surface area contributed by atoms with E-state index in [0.29, 0.717) is 0 Å². The van der Waals surface area contributed by atoms with E-state index in [1.165, 1.54) is 0 Å². The Balaban J connectivity index is 2.00. The number of hydrogen-bond acceptors (Lipinski definition) is 3. The highest BCUT2D eigenvalue weighted by Gasteiger charge is 2.27. The third kappa shape index (κ3) is 2.61. The van der Waals surface area contributed by atoms with Gasteiger partial charge in [0.15, 0.2) is 0 Å². The molecule has 3 nitrogen and oxygen atoms in total. The lowest BCUT2D eigenvalue weighted by molar-refractivity contribution is 0.132. The Hall–Kier alpha value is -0.900. The van der Waals surface area contributed by atoms with Crippen LogP contribution in [0.4, 0.5) is 0 Å². The highest BCUT2D eigenvalue weighted by atomic mass is 16.3. The van der Waals surface area contributed by atoms with Crippen molar-refractivity contribution in [2.75, 3.05) is 6.61 Å². The molecule has 1 fully saturated rings. The molecule has 88 valence electrons. The van der Waals surface area contributed by atoms with Crippen LogP contribution in [0.25, 0.3) is 0 Å². The van der Waals surface area contributed by atoms with Crippen LogP contribution in [-0.4, -0.2) is 29.0 Å². The van der Waals surface area contributed by atoms with E-state index in [2.05, 4.69) is 5.32 Å². The van der Waals surface area contributed by atoms with Gasteiger partial charge in [-0.25, -0.2) is 0 Å². The van der Waals surface area contributed by atoms with Crippen molar-refractivity contribution in [1.29, 1.82) is 0 Å². The minimum absolute atomic E-state index is 0.0627. The molecule has 0 saturated heterocycles. The second-order valence-corrected chi connectivity index (χ2v) is 4.42. The van der Waals surface area contributed by atoms with Crippen molar-refractivity contribution in [1.82, 2.24) is 5.32 Å². The molecular formula is C13H19NO2. The molecule has 1 aromatic rings. The summed E-state index contributed by atoms with van der Waals surface area (Å²) in [5.74, 6) is 0. The topological polar surface area (TPSA) is 52.5 Å². The molecule has 0 radical (unpaired) electrons. The van der Waals surface area contributed by atoms with Gasteiger partial charge in [0.25, 0.3) is 0 Å². The summed E-state index contributed by atoms with van der Waals surface area (Å²) in [5.41, 5.74) is 1.07. The first-order chi connectivity index (χ1) is 7.81. The van der Waals surface area contributed by atoms with Crippen LogP contribution < -0.4 is 5.32 Å². The van der Waals surface area contributed by atoms with Crippen LogP contribution in [0, 0.1) is 0 Å². The monoisotopic (exact) mass is 221 g/mol. The maximum atomic E-state index is 9.74. The molecule has 0 heterocycles. The van der Waals surface area contributed by atoms with E-state index in [9.17, 15) is 10.2 Å². The Morgan fingerprint density at radius 3 is 2.56 bits per heavy atom. The van der Waals surface area contributed by atoms with Gasteiger partial charge in [0.2, 0.25) is 0 Å². The molecule has 0 spiro atoms. The van der Waals surface area contributed by atoms with Crippen molar-refractivity contribution >= 4 is 0 Å². The summed E-state index contributed by atoms with van der Waals surface area (Å²) >= 11 is 0. The molecular weight excluding hydrogens is 202 g/mol. The fourth-order valence-corrected chi connectivity index (χ4v) is 2.33. The van der Waals surface area contributed by atoms with E-state index in [1.54, 1.807) is 0 Å². The van der Waals surface area contributed by atoms with Crippen LogP contribution >= 0.6 is 0 Å². The number of hydrogen-bond donors (Lipinski definition) is 3. The van der Waals surface area contributed by atoms with Crippen LogP contribution in [0.3, 0.4) is 0 Å². The maximum Gasteiger partial charge on any atom is 0.0693 e. The molecule has 2 rings (SSSR count). The van der Waals surface area contributed by atoms with Crippen molar-refractivity contribution in [3.63, 3.8) is 0 Å². The lowest BCUT2D eigenvalue weighted by Gasteiger charge is -2.23. The average Bonchev–Trinajstić information content (AvgIpc) is 2.73. The predicted octanol–water partition coefficient (Wildman–Crippen LogP) is 1.22. The smallest absolute Gasteiger partial charge is 0.0693 e. The van der Waals surface area contributed by atoms with Crippen molar-refractivity contribution < 1.29 is 10.2 Å². The van der Waals surface area contributed by atoms with Crippen LogP contribution in [0.5, 0.6) is 0 Å². The number of rotatable bonds is 4. The molecule has 1 unspecified atom stereocenters.